The molecule has 1 aliphatic rings. The van der Waals surface area contributed by atoms with Crippen molar-refractivity contribution < 1.29 is 4.74 Å². The minimum atomic E-state index is 0.269. The van der Waals surface area contributed by atoms with E-state index in [0.29, 0.717) is 0 Å². The molecule has 5 heteroatoms. The van der Waals surface area contributed by atoms with Gasteiger partial charge in [-0.25, -0.2) is 9.97 Å². The third kappa shape index (κ3) is 4.06. The quantitative estimate of drug-likeness (QED) is 0.808. The van der Waals surface area contributed by atoms with Gasteiger partial charge in [-0.3, -0.25) is 0 Å². The number of aryl methyl sites for hydroxylation is 1. The van der Waals surface area contributed by atoms with Crippen molar-refractivity contribution >= 4 is 11.6 Å². The van der Waals surface area contributed by atoms with Crippen LogP contribution in [0.15, 0.2) is 0 Å². The smallest absolute Gasteiger partial charge is 0.135 e. The van der Waals surface area contributed by atoms with Crippen molar-refractivity contribution in [3.63, 3.8) is 0 Å². The normalized spacial score (nSPS) is 19.5. The van der Waals surface area contributed by atoms with Crippen molar-refractivity contribution in [1.82, 2.24) is 9.97 Å². The van der Waals surface area contributed by atoms with E-state index in [9.17, 15) is 0 Å². The lowest BCUT2D eigenvalue weighted by atomic mass is 10.1. The van der Waals surface area contributed by atoms with Gasteiger partial charge in [0.2, 0.25) is 0 Å². The van der Waals surface area contributed by atoms with Crippen molar-refractivity contribution in [2.45, 2.75) is 65.5 Å². The van der Waals surface area contributed by atoms with E-state index in [2.05, 4.69) is 43.3 Å². The summed E-state index contributed by atoms with van der Waals surface area (Å²) >= 11 is 0. The first-order chi connectivity index (χ1) is 10.2. The van der Waals surface area contributed by atoms with Crippen LogP contribution in [0.3, 0.4) is 0 Å². The Balaban J connectivity index is 2.19. The van der Waals surface area contributed by atoms with Gasteiger partial charge in [0.25, 0.3) is 0 Å². The Bertz CT molecular complexity index is 458. The monoisotopic (exact) mass is 292 g/mol. The summed E-state index contributed by atoms with van der Waals surface area (Å²) in [4.78, 5) is 9.32. The van der Waals surface area contributed by atoms with Gasteiger partial charge in [-0.1, -0.05) is 6.92 Å². The summed E-state index contributed by atoms with van der Waals surface area (Å²) in [6, 6.07) is 0.269. The molecule has 21 heavy (non-hydrogen) atoms. The lowest BCUT2D eigenvalue weighted by molar-refractivity contribution is 0.0995. The molecule has 1 saturated heterocycles. The molecule has 0 aromatic carbocycles. The molecule has 0 aliphatic carbocycles. The molecule has 2 heterocycles. The van der Waals surface area contributed by atoms with Gasteiger partial charge in [0.1, 0.15) is 17.5 Å². The summed E-state index contributed by atoms with van der Waals surface area (Å²) in [7, 11) is 0. The van der Waals surface area contributed by atoms with Crippen LogP contribution in [0.2, 0.25) is 0 Å². The van der Waals surface area contributed by atoms with Crippen molar-refractivity contribution in [3.8, 4) is 0 Å². The fourth-order valence-corrected chi connectivity index (χ4v) is 2.68. The van der Waals surface area contributed by atoms with E-state index in [0.717, 1.165) is 61.9 Å². The van der Waals surface area contributed by atoms with E-state index < -0.39 is 0 Å². The SMILES string of the molecule is CCCc1nc(NCC)c(C)c(NC(C)C2CCCO2)n1. The number of aromatic nitrogens is 2. The molecule has 1 aromatic rings. The van der Waals surface area contributed by atoms with Crippen LogP contribution in [0.25, 0.3) is 0 Å². The Labute approximate surface area is 127 Å². The molecule has 0 bridgehead atoms. The van der Waals surface area contributed by atoms with Gasteiger partial charge < -0.3 is 15.4 Å². The molecule has 5 nitrogen and oxygen atoms in total. The summed E-state index contributed by atoms with van der Waals surface area (Å²) in [5, 5.41) is 6.87. The standard InChI is InChI=1S/C16H28N4O/c1-5-8-14-19-15(17-6-2)11(3)16(20-14)18-12(4)13-9-7-10-21-13/h12-13H,5-10H2,1-4H3,(H2,17,18,19,20). The highest BCUT2D eigenvalue weighted by Gasteiger charge is 2.23. The van der Waals surface area contributed by atoms with Crippen LogP contribution in [0, 0.1) is 6.92 Å². The molecule has 118 valence electrons. The molecule has 0 spiro atoms. The molecule has 1 fully saturated rings. The van der Waals surface area contributed by atoms with E-state index in [1.54, 1.807) is 0 Å². The fraction of sp³-hybridized carbons (Fsp3) is 0.750. The molecule has 1 aromatic heterocycles. The minimum absolute atomic E-state index is 0.269. The van der Waals surface area contributed by atoms with E-state index in [1.165, 1.54) is 0 Å². The van der Waals surface area contributed by atoms with Crippen molar-refractivity contribution in [3.05, 3.63) is 11.4 Å². The zero-order valence-corrected chi connectivity index (χ0v) is 13.7. The van der Waals surface area contributed by atoms with E-state index >= 15 is 0 Å². The molecule has 0 amide bonds. The highest BCUT2D eigenvalue weighted by atomic mass is 16.5. The van der Waals surface area contributed by atoms with E-state index in [4.69, 9.17) is 9.72 Å². The van der Waals surface area contributed by atoms with Crippen LogP contribution < -0.4 is 10.6 Å². The van der Waals surface area contributed by atoms with Crippen LogP contribution in [-0.4, -0.2) is 35.3 Å². The summed E-state index contributed by atoms with van der Waals surface area (Å²) in [6.07, 6.45) is 4.52. The van der Waals surface area contributed by atoms with Gasteiger partial charge in [-0.15, -0.1) is 0 Å². The number of hydrogen-bond acceptors (Lipinski definition) is 5. The fourth-order valence-electron chi connectivity index (χ4n) is 2.68. The number of hydrogen-bond donors (Lipinski definition) is 2. The number of ether oxygens (including phenoxy) is 1. The predicted octanol–water partition coefficient (Wildman–Crippen LogP) is 3.15. The zero-order valence-electron chi connectivity index (χ0n) is 13.7. The van der Waals surface area contributed by atoms with Crippen LogP contribution in [0.5, 0.6) is 0 Å². The Morgan fingerprint density at radius 1 is 1.29 bits per heavy atom. The van der Waals surface area contributed by atoms with Gasteiger partial charge in [0.15, 0.2) is 0 Å². The summed E-state index contributed by atoms with van der Waals surface area (Å²) in [6.45, 7) is 10.2. The van der Waals surface area contributed by atoms with Gasteiger partial charge in [-0.2, -0.15) is 0 Å². The molecular weight excluding hydrogens is 264 g/mol. The van der Waals surface area contributed by atoms with Gasteiger partial charge in [0.05, 0.1) is 12.1 Å². The highest BCUT2D eigenvalue weighted by molar-refractivity contribution is 5.57. The number of nitrogens with zero attached hydrogens (tertiary/aromatic N) is 2. The van der Waals surface area contributed by atoms with Crippen LogP contribution in [-0.2, 0) is 11.2 Å². The molecule has 0 radical (unpaired) electrons. The third-order valence-electron chi connectivity index (χ3n) is 3.90. The Kier molecular flexibility index (Phi) is 5.79. The number of nitrogens with one attached hydrogen (secondary N) is 2. The molecule has 2 atom stereocenters. The topological polar surface area (TPSA) is 59.1 Å². The average Bonchev–Trinajstić information content (AvgIpc) is 2.98. The molecule has 2 rings (SSSR count). The molecule has 2 N–H and O–H groups in total. The van der Waals surface area contributed by atoms with Crippen LogP contribution in [0.4, 0.5) is 11.6 Å². The maximum absolute atomic E-state index is 5.76. The predicted molar refractivity (Wildman–Crippen MR) is 87.0 cm³/mol. The molecular formula is C16H28N4O. The maximum Gasteiger partial charge on any atom is 0.135 e. The summed E-state index contributed by atoms with van der Waals surface area (Å²) in [5.74, 6) is 2.78. The highest BCUT2D eigenvalue weighted by Crippen LogP contribution is 2.24. The lowest BCUT2D eigenvalue weighted by Gasteiger charge is -2.22. The third-order valence-corrected chi connectivity index (χ3v) is 3.90. The summed E-state index contributed by atoms with van der Waals surface area (Å²) < 4.78 is 5.76. The molecule has 2 unspecified atom stereocenters. The van der Waals surface area contributed by atoms with E-state index in [-0.39, 0.29) is 12.1 Å². The van der Waals surface area contributed by atoms with Gasteiger partial charge in [0, 0.05) is 25.1 Å². The summed E-state index contributed by atoms with van der Waals surface area (Å²) in [5.41, 5.74) is 1.08. The maximum atomic E-state index is 5.76. The Hall–Kier alpha value is -1.36. The second-order valence-corrected chi connectivity index (χ2v) is 5.73. The van der Waals surface area contributed by atoms with Crippen molar-refractivity contribution in [2.24, 2.45) is 0 Å². The Morgan fingerprint density at radius 2 is 2.05 bits per heavy atom. The van der Waals surface area contributed by atoms with Gasteiger partial charge >= 0.3 is 0 Å². The first-order valence-corrected chi connectivity index (χ1v) is 8.15. The van der Waals surface area contributed by atoms with Crippen LogP contribution >= 0.6 is 0 Å². The van der Waals surface area contributed by atoms with E-state index in [1.807, 2.05) is 0 Å². The average molecular weight is 292 g/mol. The second-order valence-electron chi connectivity index (χ2n) is 5.73. The lowest BCUT2D eigenvalue weighted by Crippen LogP contribution is -2.31. The largest absolute Gasteiger partial charge is 0.376 e. The second kappa shape index (κ2) is 7.59. The van der Waals surface area contributed by atoms with Gasteiger partial charge in [-0.05, 0) is 40.0 Å². The Morgan fingerprint density at radius 3 is 2.67 bits per heavy atom. The minimum Gasteiger partial charge on any atom is -0.376 e. The first-order valence-electron chi connectivity index (χ1n) is 8.15. The molecule has 0 saturated carbocycles. The first kappa shape index (κ1) is 16.0. The van der Waals surface area contributed by atoms with Crippen LogP contribution in [0.1, 0.15) is 51.4 Å². The molecule has 1 aliphatic heterocycles. The number of rotatable bonds is 7. The number of anilines is 2. The zero-order chi connectivity index (χ0) is 15.2. The van der Waals surface area contributed by atoms with Crippen molar-refractivity contribution in [2.75, 3.05) is 23.8 Å². The van der Waals surface area contributed by atoms with Crippen molar-refractivity contribution in [1.29, 1.82) is 0 Å².